The average molecular weight is 197 g/mol. The number of nitrogens with one attached hydrogen (secondary N) is 1. The van der Waals surface area contributed by atoms with Crippen LogP contribution in [0.5, 0.6) is 0 Å². The zero-order chi connectivity index (χ0) is 9.97. The molecule has 14 heavy (non-hydrogen) atoms. The SMILES string of the molecule is NC(=O)C1CCN2CCOCC=C2N1. The topological polar surface area (TPSA) is 67.6 Å². The summed E-state index contributed by atoms with van der Waals surface area (Å²) in [6, 6.07) is -0.226. The van der Waals surface area contributed by atoms with E-state index < -0.39 is 0 Å². The summed E-state index contributed by atoms with van der Waals surface area (Å²) in [5.74, 6) is 0.702. The summed E-state index contributed by atoms with van der Waals surface area (Å²) in [6.45, 7) is 3.09. The van der Waals surface area contributed by atoms with E-state index in [2.05, 4.69) is 10.2 Å². The van der Waals surface area contributed by atoms with Crippen LogP contribution in [0, 0.1) is 0 Å². The number of amides is 1. The molecule has 1 atom stereocenters. The minimum absolute atomic E-state index is 0.226. The molecule has 2 rings (SSSR count). The van der Waals surface area contributed by atoms with Crippen molar-refractivity contribution in [1.29, 1.82) is 0 Å². The molecule has 5 heteroatoms. The fourth-order valence-corrected chi connectivity index (χ4v) is 1.78. The third-order valence-corrected chi connectivity index (χ3v) is 2.59. The van der Waals surface area contributed by atoms with Gasteiger partial charge in [0.25, 0.3) is 0 Å². The van der Waals surface area contributed by atoms with Crippen LogP contribution in [0.3, 0.4) is 0 Å². The van der Waals surface area contributed by atoms with Crippen LogP contribution in [0.25, 0.3) is 0 Å². The molecule has 0 aliphatic carbocycles. The molecule has 0 saturated carbocycles. The highest BCUT2D eigenvalue weighted by atomic mass is 16.5. The Morgan fingerprint density at radius 2 is 2.50 bits per heavy atom. The summed E-state index contributed by atoms with van der Waals surface area (Å²) in [4.78, 5) is 13.2. The van der Waals surface area contributed by atoms with Gasteiger partial charge in [-0.3, -0.25) is 4.79 Å². The number of fused-ring (bicyclic) bond motifs is 1. The van der Waals surface area contributed by atoms with Crippen molar-refractivity contribution >= 4 is 5.91 Å². The van der Waals surface area contributed by atoms with Crippen LogP contribution < -0.4 is 11.1 Å². The normalized spacial score (nSPS) is 27.0. The zero-order valence-electron chi connectivity index (χ0n) is 8.03. The first-order chi connectivity index (χ1) is 6.77. The van der Waals surface area contributed by atoms with E-state index in [1.807, 2.05) is 6.08 Å². The Bertz CT molecular complexity index is 265. The fourth-order valence-electron chi connectivity index (χ4n) is 1.78. The van der Waals surface area contributed by atoms with Gasteiger partial charge in [-0.15, -0.1) is 0 Å². The van der Waals surface area contributed by atoms with Gasteiger partial charge in [-0.2, -0.15) is 0 Å². The summed E-state index contributed by atoms with van der Waals surface area (Å²) in [5, 5.41) is 3.13. The highest BCUT2D eigenvalue weighted by Crippen LogP contribution is 2.13. The van der Waals surface area contributed by atoms with Crippen molar-refractivity contribution in [2.24, 2.45) is 5.73 Å². The molecular formula is C9H15N3O2. The van der Waals surface area contributed by atoms with E-state index in [1.54, 1.807) is 0 Å². The molecule has 0 bridgehead atoms. The summed E-state index contributed by atoms with van der Waals surface area (Å²) in [5.41, 5.74) is 5.25. The van der Waals surface area contributed by atoms with E-state index in [0.717, 1.165) is 31.9 Å². The summed E-state index contributed by atoms with van der Waals surface area (Å²) < 4.78 is 5.31. The molecule has 0 aromatic heterocycles. The van der Waals surface area contributed by atoms with Crippen LogP contribution in [-0.2, 0) is 9.53 Å². The van der Waals surface area contributed by atoms with E-state index in [1.165, 1.54) is 0 Å². The number of primary amides is 1. The van der Waals surface area contributed by atoms with Gasteiger partial charge < -0.3 is 20.7 Å². The molecule has 0 aromatic rings. The summed E-state index contributed by atoms with van der Waals surface area (Å²) >= 11 is 0. The maximum atomic E-state index is 11.0. The molecule has 3 N–H and O–H groups in total. The number of nitrogens with zero attached hydrogens (tertiary/aromatic N) is 1. The van der Waals surface area contributed by atoms with Gasteiger partial charge in [0.2, 0.25) is 5.91 Å². The molecule has 0 radical (unpaired) electrons. The molecule has 2 heterocycles. The van der Waals surface area contributed by atoms with Gasteiger partial charge in [0.15, 0.2) is 0 Å². The number of hydrogen-bond donors (Lipinski definition) is 2. The first-order valence-electron chi connectivity index (χ1n) is 4.86. The number of carbonyl (C=O) groups excluding carboxylic acids is 1. The maximum absolute atomic E-state index is 11.0. The van der Waals surface area contributed by atoms with Gasteiger partial charge in [-0.05, 0) is 12.5 Å². The second-order valence-corrected chi connectivity index (χ2v) is 3.54. The zero-order valence-corrected chi connectivity index (χ0v) is 8.03. The highest BCUT2D eigenvalue weighted by Gasteiger charge is 2.25. The third kappa shape index (κ3) is 1.82. The molecule has 1 fully saturated rings. The lowest BCUT2D eigenvalue weighted by Gasteiger charge is -2.35. The lowest BCUT2D eigenvalue weighted by Crippen LogP contribution is -2.51. The van der Waals surface area contributed by atoms with Crippen molar-refractivity contribution in [3.05, 3.63) is 11.9 Å². The first kappa shape index (κ1) is 9.33. The van der Waals surface area contributed by atoms with Crippen molar-refractivity contribution in [1.82, 2.24) is 10.2 Å². The Morgan fingerprint density at radius 3 is 3.29 bits per heavy atom. The minimum Gasteiger partial charge on any atom is -0.375 e. The third-order valence-electron chi connectivity index (χ3n) is 2.59. The second-order valence-electron chi connectivity index (χ2n) is 3.54. The van der Waals surface area contributed by atoms with Crippen molar-refractivity contribution in [2.45, 2.75) is 12.5 Å². The minimum atomic E-state index is -0.282. The monoisotopic (exact) mass is 197 g/mol. The number of carbonyl (C=O) groups is 1. The van der Waals surface area contributed by atoms with Crippen LogP contribution in [0.2, 0.25) is 0 Å². The predicted octanol–water partition coefficient (Wildman–Crippen LogP) is -0.993. The van der Waals surface area contributed by atoms with Gasteiger partial charge in [0.1, 0.15) is 11.9 Å². The van der Waals surface area contributed by atoms with Crippen molar-refractivity contribution < 1.29 is 9.53 Å². The Labute approximate surface area is 82.9 Å². The Kier molecular flexibility index (Phi) is 2.58. The average Bonchev–Trinajstić information content (AvgIpc) is 2.41. The van der Waals surface area contributed by atoms with E-state index >= 15 is 0 Å². The van der Waals surface area contributed by atoms with Gasteiger partial charge in [-0.25, -0.2) is 0 Å². The first-order valence-corrected chi connectivity index (χ1v) is 4.86. The van der Waals surface area contributed by atoms with Crippen LogP contribution in [0.1, 0.15) is 6.42 Å². The second kappa shape index (κ2) is 3.88. The number of nitrogens with two attached hydrogens (primary N) is 1. The van der Waals surface area contributed by atoms with E-state index in [0.29, 0.717) is 6.61 Å². The maximum Gasteiger partial charge on any atom is 0.240 e. The molecule has 2 aliphatic heterocycles. The van der Waals surface area contributed by atoms with E-state index in [4.69, 9.17) is 10.5 Å². The Balaban J connectivity index is 2.05. The van der Waals surface area contributed by atoms with Gasteiger partial charge in [0.05, 0.1) is 13.2 Å². The summed E-state index contributed by atoms with van der Waals surface area (Å²) in [6.07, 6.45) is 2.73. The van der Waals surface area contributed by atoms with Crippen molar-refractivity contribution in [3.8, 4) is 0 Å². The van der Waals surface area contributed by atoms with Crippen LogP contribution in [-0.4, -0.2) is 43.2 Å². The van der Waals surface area contributed by atoms with Crippen molar-refractivity contribution in [3.63, 3.8) is 0 Å². The Morgan fingerprint density at radius 1 is 1.64 bits per heavy atom. The highest BCUT2D eigenvalue weighted by molar-refractivity contribution is 5.80. The van der Waals surface area contributed by atoms with Crippen LogP contribution in [0.15, 0.2) is 11.9 Å². The Hall–Kier alpha value is -1.23. The molecule has 78 valence electrons. The molecule has 1 saturated heterocycles. The van der Waals surface area contributed by atoms with Crippen LogP contribution in [0.4, 0.5) is 0 Å². The quantitative estimate of drug-likeness (QED) is 0.566. The lowest BCUT2D eigenvalue weighted by molar-refractivity contribution is -0.120. The van der Waals surface area contributed by atoms with Gasteiger partial charge in [0, 0.05) is 13.1 Å². The number of rotatable bonds is 1. The van der Waals surface area contributed by atoms with Crippen molar-refractivity contribution in [2.75, 3.05) is 26.3 Å². The van der Waals surface area contributed by atoms with Gasteiger partial charge >= 0.3 is 0 Å². The molecule has 0 spiro atoms. The molecule has 1 unspecified atom stereocenters. The standard InChI is InChI=1S/C9H15N3O2/c10-9(13)7-1-3-12-4-6-14-5-2-8(12)11-7/h2,7,11H,1,3-6H2,(H2,10,13). The fraction of sp³-hybridized carbons (Fsp3) is 0.667. The molecule has 5 nitrogen and oxygen atoms in total. The van der Waals surface area contributed by atoms with E-state index in [9.17, 15) is 4.79 Å². The number of hydrogen-bond acceptors (Lipinski definition) is 4. The lowest BCUT2D eigenvalue weighted by atomic mass is 10.1. The smallest absolute Gasteiger partial charge is 0.240 e. The molecule has 2 aliphatic rings. The van der Waals surface area contributed by atoms with E-state index in [-0.39, 0.29) is 11.9 Å². The predicted molar refractivity (Wildman–Crippen MR) is 51.2 cm³/mol. The molecular weight excluding hydrogens is 182 g/mol. The molecule has 1 amide bonds. The largest absolute Gasteiger partial charge is 0.375 e. The summed E-state index contributed by atoms with van der Waals surface area (Å²) in [7, 11) is 0. The van der Waals surface area contributed by atoms with Gasteiger partial charge in [-0.1, -0.05) is 0 Å². The van der Waals surface area contributed by atoms with Crippen LogP contribution >= 0.6 is 0 Å². The number of ether oxygens (including phenoxy) is 1. The molecule has 0 aromatic carbocycles.